The molecule has 1 aromatic carbocycles. The SMILES string of the molecule is CCNC1CN(c2c(F)cc3cc4c(=O)c(C(=O)O)cn(C)c4nc3c2F)C1. The van der Waals surface area contributed by atoms with Gasteiger partial charge in [-0.3, -0.25) is 4.79 Å². The van der Waals surface area contributed by atoms with E-state index in [9.17, 15) is 19.1 Å². The molecular weight excluding hydrogens is 370 g/mol. The highest BCUT2D eigenvalue weighted by molar-refractivity contribution is 5.97. The third kappa shape index (κ3) is 2.70. The molecule has 0 aliphatic carbocycles. The molecule has 3 heterocycles. The summed E-state index contributed by atoms with van der Waals surface area (Å²) in [6.45, 7) is 3.72. The molecule has 2 N–H and O–H groups in total. The van der Waals surface area contributed by atoms with Crippen LogP contribution in [0.2, 0.25) is 0 Å². The Labute approximate surface area is 158 Å². The molecule has 1 aliphatic rings. The van der Waals surface area contributed by atoms with Crippen LogP contribution in [0.1, 0.15) is 17.3 Å². The van der Waals surface area contributed by atoms with Crippen LogP contribution in [0, 0.1) is 11.6 Å². The number of benzene rings is 1. The van der Waals surface area contributed by atoms with Gasteiger partial charge in [-0.15, -0.1) is 0 Å². The summed E-state index contributed by atoms with van der Waals surface area (Å²) in [5.74, 6) is -2.91. The minimum atomic E-state index is -1.37. The highest BCUT2D eigenvalue weighted by Gasteiger charge is 2.31. The van der Waals surface area contributed by atoms with Crippen LogP contribution in [0.15, 0.2) is 23.1 Å². The Morgan fingerprint density at radius 2 is 2.07 bits per heavy atom. The van der Waals surface area contributed by atoms with Gasteiger partial charge in [0.1, 0.15) is 28.2 Å². The summed E-state index contributed by atoms with van der Waals surface area (Å²) in [5, 5.41) is 12.5. The van der Waals surface area contributed by atoms with Gasteiger partial charge in [0.2, 0.25) is 5.43 Å². The number of carboxylic acid groups (broad SMARTS) is 1. The average molecular weight is 388 g/mol. The lowest BCUT2D eigenvalue weighted by molar-refractivity contribution is 0.0695. The number of aromatic carboxylic acids is 1. The van der Waals surface area contributed by atoms with Crippen molar-refractivity contribution in [2.24, 2.45) is 7.05 Å². The lowest BCUT2D eigenvalue weighted by Gasteiger charge is -2.41. The van der Waals surface area contributed by atoms with Crippen molar-refractivity contribution >= 4 is 33.6 Å². The molecule has 9 heteroatoms. The van der Waals surface area contributed by atoms with Crippen LogP contribution >= 0.6 is 0 Å². The largest absolute Gasteiger partial charge is 0.477 e. The van der Waals surface area contributed by atoms with E-state index in [0.717, 1.165) is 18.8 Å². The van der Waals surface area contributed by atoms with Crippen molar-refractivity contribution in [2.75, 3.05) is 24.5 Å². The Morgan fingerprint density at radius 1 is 1.36 bits per heavy atom. The first kappa shape index (κ1) is 18.3. The van der Waals surface area contributed by atoms with E-state index in [2.05, 4.69) is 10.3 Å². The van der Waals surface area contributed by atoms with Crippen LogP contribution in [0.4, 0.5) is 14.5 Å². The number of likely N-dealkylation sites (N-methyl/N-ethyl adjacent to an activating group) is 1. The summed E-state index contributed by atoms with van der Waals surface area (Å²) in [4.78, 5) is 29.5. The van der Waals surface area contributed by atoms with E-state index >= 15 is 4.39 Å². The van der Waals surface area contributed by atoms with E-state index in [-0.39, 0.29) is 33.7 Å². The number of carboxylic acids is 1. The van der Waals surface area contributed by atoms with Gasteiger partial charge < -0.3 is 19.9 Å². The molecule has 1 saturated heterocycles. The lowest BCUT2D eigenvalue weighted by atomic mass is 10.0. The summed E-state index contributed by atoms with van der Waals surface area (Å²) in [5.41, 5.74) is -1.23. The number of hydrogen-bond donors (Lipinski definition) is 2. The smallest absolute Gasteiger partial charge is 0.341 e. The normalized spacial score (nSPS) is 14.6. The minimum absolute atomic E-state index is 0.00221. The zero-order valence-corrected chi connectivity index (χ0v) is 15.3. The number of pyridine rings is 2. The first-order valence-corrected chi connectivity index (χ1v) is 8.85. The van der Waals surface area contributed by atoms with Gasteiger partial charge in [-0.25, -0.2) is 18.6 Å². The van der Waals surface area contributed by atoms with Gasteiger partial charge in [0.05, 0.1) is 5.39 Å². The first-order valence-electron chi connectivity index (χ1n) is 8.85. The molecule has 0 amide bonds. The quantitative estimate of drug-likeness (QED) is 0.664. The third-order valence-electron chi connectivity index (χ3n) is 5.02. The number of anilines is 1. The second-order valence-electron chi connectivity index (χ2n) is 6.90. The van der Waals surface area contributed by atoms with Crippen molar-refractivity contribution in [2.45, 2.75) is 13.0 Å². The summed E-state index contributed by atoms with van der Waals surface area (Å²) in [6, 6.07) is 2.60. The molecule has 146 valence electrons. The van der Waals surface area contributed by atoms with E-state index in [1.54, 1.807) is 4.90 Å². The van der Waals surface area contributed by atoms with E-state index in [4.69, 9.17) is 0 Å². The summed E-state index contributed by atoms with van der Waals surface area (Å²) >= 11 is 0. The average Bonchev–Trinajstić information content (AvgIpc) is 2.61. The van der Waals surface area contributed by atoms with Gasteiger partial charge in [-0.1, -0.05) is 6.92 Å². The number of nitrogens with zero attached hydrogens (tertiary/aromatic N) is 3. The summed E-state index contributed by atoms with van der Waals surface area (Å²) in [7, 11) is 1.52. The van der Waals surface area contributed by atoms with Crippen LogP contribution in [-0.2, 0) is 7.05 Å². The molecular formula is C19H18F2N4O3. The summed E-state index contributed by atoms with van der Waals surface area (Å²) in [6.07, 6.45) is 1.14. The van der Waals surface area contributed by atoms with Crippen LogP contribution in [-0.4, -0.2) is 46.3 Å². The molecule has 1 aliphatic heterocycles. The molecule has 3 aromatic rings. The van der Waals surface area contributed by atoms with Crippen molar-refractivity contribution in [3.05, 3.63) is 45.8 Å². The highest BCUT2D eigenvalue weighted by atomic mass is 19.1. The standard InChI is InChI=1S/C19H18F2N4O3/c1-3-22-10-6-25(7-10)16-13(20)5-9-4-11-17(26)12(19(27)28)8-24(2)18(11)23-15(9)14(16)21/h4-5,8,10,22H,3,6-7H2,1-2H3,(H,27,28). The van der Waals surface area contributed by atoms with Crippen molar-refractivity contribution in [3.8, 4) is 0 Å². The molecule has 0 bridgehead atoms. The second-order valence-corrected chi connectivity index (χ2v) is 6.90. The van der Waals surface area contributed by atoms with Gasteiger partial charge in [-0.2, -0.15) is 0 Å². The van der Waals surface area contributed by atoms with Crippen LogP contribution in [0.5, 0.6) is 0 Å². The maximum absolute atomic E-state index is 15.1. The van der Waals surface area contributed by atoms with Crippen molar-refractivity contribution in [1.29, 1.82) is 0 Å². The van der Waals surface area contributed by atoms with Crippen LogP contribution in [0.3, 0.4) is 0 Å². The molecule has 0 unspecified atom stereocenters. The molecule has 2 aromatic heterocycles. The summed E-state index contributed by atoms with van der Waals surface area (Å²) < 4.78 is 31.1. The zero-order valence-electron chi connectivity index (χ0n) is 15.3. The fourth-order valence-corrected chi connectivity index (χ4v) is 3.64. The Balaban J connectivity index is 1.91. The number of aromatic nitrogens is 2. The number of aryl methyl sites for hydroxylation is 1. The van der Waals surface area contributed by atoms with E-state index < -0.39 is 28.6 Å². The van der Waals surface area contributed by atoms with Crippen molar-refractivity contribution < 1.29 is 18.7 Å². The number of rotatable bonds is 4. The molecule has 4 rings (SSSR count). The number of hydrogen-bond acceptors (Lipinski definition) is 5. The van der Waals surface area contributed by atoms with E-state index in [1.165, 1.54) is 17.7 Å². The molecule has 0 radical (unpaired) electrons. The van der Waals surface area contributed by atoms with Gasteiger partial charge in [0, 0.05) is 37.8 Å². The topological polar surface area (TPSA) is 87.5 Å². The van der Waals surface area contributed by atoms with Gasteiger partial charge >= 0.3 is 5.97 Å². The van der Waals surface area contributed by atoms with Crippen molar-refractivity contribution in [3.63, 3.8) is 0 Å². The second kappa shape index (κ2) is 6.52. The zero-order chi connectivity index (χ0) is 20.2. The molecule has 7 nitrogen and oxygen atoms in total. The Bertz CT molecular complexity index is 1190. The number of carbonyl (C=O) groups is 1. The molecule has 0 saturated carbocycles. The van der Waals surface area contributed by atoms with Gasteiger partial charge in [-0.05, 0) is 18.7 Å². The van der Waals surface area contributed by atoms with Gasteiger partial charge in [0.25, 0.3) is 0 Å². The Morgan fingerprint density at radius 3 is 2.71 bits per heavy atom. The fourth-order valence-electron chi connectivity index (χ4n) is 3.64. The number of nitrogens with one attached hydrogen (secondary N) is 1. The highest BCUT2D eigenvalue weighted by Crippen LogP contribution is 2.33. The number of halogens is 2. The fraction of sp³-hybridized carbons (Fsp3) is 0.316. The predicted octanol–water partition coefficient (Wildman–Crippen LogP) is 1.86. The Kier molecular flexibility index (Phi) is 4.26. The van der Waals surface area contributed by atoms with E-state index in [1.807, 2.05) is 6.92 Å². The first-order chi connectivity index (χ1) is 13.3. The lowest BCUT2D eigenvalue weighted by Crippen LogP contribution is -2.58. The molecule has 28 heavy (non-hydrogen) atoms. The monoisotopic (exact) mass is 388 g/mol. The Hall–Kier alpha value is -3.07. The maximum Gasteiger partial charge on any atom is 0.341 e. The maximum atomic E-state index is 15.1. The minimum Gasteiger partial charge on any atom is -0.477 e. The predicted molar refractivity (Wildman–Crippen MR) is 101 cm³/mol. The van der Waals surface area contributed by atoms with Crippen LogP contribution in [0.25, 0.3) is 21.9 Å². The van der Waals surface area contributed by atoms with Crippen molar-refractivity contribution in [1.82, 2.24) is 14.9 Å². The molecule has 0 atom stereocenters. The van der Waals surface area contributed by atoms with Crippen LogP contribution < -0.4 is 15.6 Å². The molecule has 1 fully saturated rings. The van der Waals surface area contributed by atoms with E-state index in [0.29, 0.717) is 13.1 Å². The third-order valence-corrected chi connectivity index (χ3v) is 5.02. The number of fused-ring (bicyclic) bond motifs is 2. The van der Waals surface area contributed by atoms with Gasteiger partial charge in [0.15, 0.2) is 5.82 Å². The molecule has 0 spiro atoms.